The zero-order valence-electron chi connectivity index (χ0n) is 29.3. The van der Waals surface area contributed by atoms with Gasteiger partial charge in [-0.25, -0.2) is 0 Å². The van der Waals surface area contributed by atoms with Gasteiger partial charge in [0.1, 0.15) is 0 Å². The monoisotopic (exact) mass is 667 g/mol. The summed E-state index contributed by atoms with van der Waals surface area (Å²) in [4.78, 5) is 2.36. The SMILES string of the molecule is c1ccc(-c2ccc(-c3ccc(N(c4ccc(-c5ccc(C6CCCC6)cc5)cc4)c4ccc(-c5cccc6ccccc56)cc4)cc3)cc2)cc1. The van der Waals surface area contributed by atoms with Crippen molar-refractivity contribution in [3.05, 3.63) is 200 Å². The van der Waals surface area contributed by atoms with E-state index in [-0.39, 0.29) is 0 Å². The lowest BCUT2D eigenvalue weighted by atomic mass is 9.95. The Morgan fingerprint density at radius 1 is 0.327 bits per heavy atom. The highest BCUT2D eigenvalue weighted by Gasteiger charge is 2.17. The Kier molecular flexibility index (Phi) is 8.68. The number of fused-ring (bicyclic) bond motifs is 1. The van der Waals surface area contributed by atoms with Crippen molar-refractivity contribution in [3.8, 4) is 44.5 Å². The Balaban J connectivity index is 1.04. The second kappa shape index (κ2) is 14.2. The fourth-order valence-electron chi connectivity index (χ4n) is 8.01. The number of benzene rings is 8. The molecule has 9 rings (SSSR count). The zero-order chi connectivity index (χ0) is 34.7. The van der Waals surface area contributed by atoms with Crippen molar-refractivity contribution in [2.75, 3.05) is 4.90 Å². The van der Waals surface area contributed by atoms with Crippen molar-refractivity contribution >= 4 is 27.8 Å². The first-order chi connectivity index (χ1) is 25.8. The van der Waals surface area contributed by atoms with Crippen molar-refractivity contribution in [2.24, 2.45) is 0 Å². The third-order valence-electron chi connectivity index (χ3n) is 10.9. The maximum absolute atomic E-state index is 2.36. The Bertz CT molecular complexity index is 2400. The molecule has 8 aromatic carbocycles. The predicted molar refractivity (Wildman–Crippen MR) is 222 cm³/mol. The molecule has 0 heterocycles. The van der Waals surface area contributed by atoms with Crippen LogP contribution in [0.5, 0.6) is 0 Å². The summed E-state index contributed by atoms with van der Waals surface area (Å²) in [7, 11) is 0. The van der Waals surface area contributed by atoms with Crippen LogP contribution in [0.3, 0.4) is 0 Å². The predicted octanol–water partition coefficient (Wildman–Crippen LogP) is 14.6. The van der Waals surface area contributed by atoms with E-state index < -0.39 is 0 Å². The van der Waals surface area contributed by atoms with E-state index in [1.54, 1.807) is 0 Å². The van der Waals surface area contributed by atoms with Crippen molar-refractivity contribution in [2.45, 2.75) is 31.6 Å². The Labute approximate surface area is 307 Å². The molecule has 1 aliphatic carbocycles. The summed E-state index contributed by atoms with van der Waals surface area (Å²) < 4.78 is 0. The lowest BCUT2D eigenvalue weighted by Crippen LogP contribution is -2.09. The first-order valence-corrected chi connectivity index (χ1v) is 18.6. The molecule has 52 heavy (non-hydrogen) atoms. The molecule has 1 nitrogen and oxygen atoms in total. The van der Waals surface area contributed by atoms with E-state index in [0.717, 1.165) is 23.0 Å². The van der Waals surface area contributed by atoms with E-state index in [1.165, 1.54) is 86.5 Å². The van der Waals surface area contributed by atoms with Crippen LogP contribution >= 0.6 is 0 Å². The normalized spacial score (nSPS) is 13.0. The van der Waals surface area contributed by atoms with Gasteiger partial charge in [-0.15, -0.1) is 0 Å². The standard InChI is InChI=1S/C51H41N/c1-2-9-37(10-3-1)39-17-21-41(22-18-39)43-25-31-47(32-26-43)52(49-35-29-46(30-36-49)51-16-8-14-45-13-6-7-15-50(45)51)48-33-27-44(28-34-48)42-23-19-40(20-24-42)38-11-4-5-12-38/h1-3,6-10,13-36,38H,4-5,11-12H2. The van der Waals surface area contributed by atoms with Crippen LogP contribution in [0.15, 0.2) is 194 Å². The van der Waals surface area contributed by atoms with Crippen LogP contribution in [0.4, 0.5) is 17.1 Å². The third kappa shape index (κ3) is 6.43. The van der Waals surface area contributed by atoms with Gasteiger partial charge >= 0.3 is 0 Å². The number of nitrogens with zero attached hydrogens (tertiary/aromatic N) is 1. The minimum absolute atomic E-state index is 0.733. The van der Waals surface area contributed by atoms with Gasteiger partial charge in [0.05, 0.1) is 0 Å². The molecule has 0 N–H and O–H groups in total. The van der Waals surface area contributed by atoms with Gasteiger partial charge in [-0.1, -0.05) is 171 Å². The zero-order valence-corrected chi connectivity index (χ0v) is 29.3. The molecule has 0 atom stereocenters. The van der Waals surface area contributed by atoms with Gasteiger partial charge in [-0.2, -0.15) is 0 Å². The molecule has 0 aromatic heterocycles. The Hall–Kier alpha value is -6.18. The average Bonchev–Trinajstić information content (AvgIpc) is 3.78. The molecule has 0 saturated heterocycles. The minimum atomic E-state index is 0.733. The maximum Gasteiger partial charge on any atom is 0.0462 e. The van der Waals surface area contributed by atoms with Crippen LogP contribution in [0.2, 0.25) is 0 Å². The van der Waals surface area contributed by atoms with E-state index >= 15 is 0 Å². The van der Waals surface area contributed by atoms with Crippen molar-refractivity contribution in [3.63, 3.8) is 0 Å². The molecule has 1 heteroatoms. The molecule has 250 valence electrons. The number of hydrogen-bond acceptors (Lipinski definition) is 1. The molecule has 0 radical (unpaired) electrons. The molecule has 0 aliphatic heterocycles. The first-order valence-electron chi connectivity index (χ1n) is 18.6. The molecular formula is C51H41N. The fourth-order valence-corrected chi connectivity index (χ4v) is 8.01. The highest BCUT2D eigenvalue weighted by molar-refractivity contribution is 5.97. The quantitative estimate of drug-likeness (QED) is 0.156. The Morgan fingerprint density at radius 3 is 1.27 bits per heavy atom. The van der Waals surface area contributed by atoms with Gasteiger partial charge in [0.2, 0.25) is 0 Å². The molecule has 1 saturated carbocycles. The van der Waals surface area contributed by atoms with Crippen molar-refractivity contribution in [1.82, 2.24) is 0 Å². The van der Waals surface area contributed by atoms with E-state index in [9.17, 15) is 0 Å². The van der Waals surface area contributed by atoms with Crippen molar-refractivity contribution in [1.29, 1.82) is 0 Å². The molecule has 0 spiro atoms. The van der Waals surface area contributed by atoms with E-state index in [2.05, 4.69) is 199 Å². The highest BCUT2D eigenvalue weighted by atomic mass is 15.1. The molecule has 0 unspecified atom stereocenters. The van der Waals surface area contributed by atoms with Crippen LogP contribution in [0.25, 0.3) is 55.3 Å². The largest absolute Gasteiger partial charge is 0.311 e. The number of hydrogen-bond donors (Lipinski definition) is 0. The molecular weight excluding hydrogens is 627 g/mol. The lowest BCUT2D eigenvalue weighted by molar-refractivity contribution is 0.723. The summed E-state index contributed by atoms with van der Waals surface area (Å²) >= 11 is 0. The van der Waals surface area contributed by atoms with E-state index in [4.69, 9.17) is 0 Å². The molecule has 8 aromatic rings. The summed E-state index contributed by atoms with van der Waals surface area (Å²) in [5.41, 5.74) is 14.7. The maximum atomic E-state index is 2.36. The van der Waals surface area contributed by atoms with Crippen LogP contribution in [0, 0.1) is 0 Å². The van der Waals surface area contributed by atoms with Crippen LogP contribution in [0.1, 0.15) is 37.2 Å². The average molecular weight is 668 g/mol. The Morgan fingerprint density at radius 2 is 0.731 bits per heavy atom. The first kappa shape index (κ1) is 31.8. The van der Waals surface area contributed by atoms with Gasteiger partial charge < -0.3 is 4.90 Å². The van der Waals surface area contributed by atoms with Crippen LogP contribution < -0.4 is 4.90 Å². The minimum Gasteiger partial charge on any atom is -0.311 e. The number of rotatable bonds is 8. The molecule has 0 bridgehead atoms. The molecule has 0 amide bonds. The summed E-state index contributed by atoms with van der Waals surface area (Å²) in [6.07, 6.45) is 5.38. The summed E-state index contributed by atoms with van der Waals surface area (Å²) in [5, 5.41) is 2.53. The second-order valence-corrected chi connectivity index (χ2v) is 14.0. The molecule has 1 aliphatic rings. The smallest absolute Gasteiger partial charge is 0.0462 e. The fraction of sp³-hybridized carbons (Fsp3) is 0.0980. The highest BCUT2D eigenvalue weighted by Crippen LogP contribution is 2.39. The topological polar surface area (TPSA) is 3.24 Å². The molecule has 1 fully saturated rings. The summed E-state index contributed by atoms with van der Waals surface area (Å²) in [6.45, 7) is 0. The van der Waals surface area contributed by atoms with E-state index in [1.807, 2.05) is 0 Å². The van der Waals surface area contributed by atoms with Gasteiger partial charge in [0.25, 0.3) is 0 Å². The van der Waals surface area contributed by atoms with E-state index in [0.29, 0.717) is 0 Å². The van der Waals surface area contributed by atoms with Gasteiger partial charge in [-0.3, -0.25) is 0 Å². The number of anilines is 3. The van der Waals surface area contributed by atoms with Gasteiger partial charge in [0, 0.05) is 17.1 Å². The second-order valence-electron chi connectivity index (χ2n) is 14.0. The summed E-state index contributed by atoms with van der Waals surface area (Å²) in [6, 6.07) is 71.0. The lowest BCUT2D eigenvalue weighted by Gasteiger charge is -2.26. The van der Waals surface area contributed by atoms with Crippen molar-refractivity contribution < 1.29 is 0 Å². The summed E-state index contributed by atoms with van der Waals surface area (Å²) in [5.74, 6) is 0.733. The van der Waals surface area contributed by atoms with Gasteiger partial charge in [0.15, 0.2) is 0 Å². The van der Waals surface area contributed by atoms with Crippen LogP contribution in [-0.2, 0) is 0 Å². The van der Waals surface area contributed by atoms with Gasteiger partial charge in [-0.05, 0) is 116 Å². The van der Waals surface area contributed by atoms with Crippen LogP contribution in [-0.4, -0.2) is 0 Å². The third-order valence-corrected chi connectivity index (χ3v) is 10.9.